The Morgan fingerprint density at radius 3 is 2.77 bits per heavy atom. The Balaban J connectivity index is 1.52. The molecule has 6 heteroatoms. The number of amides is 1. The topological polar surface area (TPSA) is 58.1 Å². The molecule has 0 aliphatic carbocycles. The van der Waals surface area contributed by atoms with Crippen molar-refractivity contribution in [2.24, 2.45) is 0 Å². The van der Waals surface area contributed by atoms with E-state index in [2.05, 4.69) is 27.4 Å². The molecule has 1 N–H and O–H groups in total. The van der Waals surface area contributed by atoms with E-state index in [1.807, 2.05) is 29.2 Å². The maximum Gasteiger partial charge on any atom is 0.272 e. The van der Waals surface area contributed by atoms with E-state index in [0.717, 1.165) is 12.1 Å². The smallest absolute Gasteiger partial charge is 0.272 e. The number of nitrogens with zero attached hydrogens (tertiary/aromatic N) is 3. The van der Waals surface area contributed by atoms with Gasteiger partial charge < -0.3 is 10.2 Å². The van der Waals surface area contributed by atoms with Gasteiger partial charge in [0.05, 0.1) is 0 Å². The Kier molecular flexibility index (Phi) is 4.54. The van der Waals surface area contributed by atoms with Crippen molar-refractivity contribution in [1.29, 1.82) is 0 Å². The van der Waals surface area contributed by atoms with Gasteiger partial charge in [0.1, 0.15) is 5.69 Å². The molecule has 0 bridgehead atoms. The summed E-state index contributed by atoms with van der Waals surface area (Å²) in [4.78, 5) is 23.2. The number of nitrogens with one attached hydrogen (secondary N) is 1. The summed E-state index contributed by atoms with van der Waals surface area (Å²) in [5.41, 5.74) is 3.65. The fourth-order valence-electron chi connectivity index (χ4n) is 3.06. The van der Waals surface area contributed by atoms with E-state index in [-0.39, 0.29) is 5.91 Å². The summed E-state index contributed by atoms with van der Waals surface area (Å²) in [7, 11) is 0. The highest BCUT2D eigenvalue weighted by molar-refractivity contribution is 6.30. The van der Waals surface area contributed by atoms with Crippen LogP contribution in [0.2, 0.25) is 5.02 Å². The maximum atomic E-state index is 12.9. The summed E-state index contributed by atoms with van der Waals surface area (Å²) in [6.07, 6.45) is 2.45. The number of carbonyl (C=O) groups excluding carboxylic acids is 1. The third-order valence-corrected chi connectivity index (χ3v) is 4.61. The van der Waals surface area contributed by atoms with E-state index >= 15 is 0 Å². The predicted molar refractivity (Wildman–Crippen MR) is 102 cm³/mol. The molecule has 0 unspecified atom stereocenters. The van der Waals surface area contributed by atoms with Crippen LogP contribution in [-0.4, -0.2) is 27.3 Å². The molecule has 0 radical (unpaired) electrons. The molecule has 0 saturated heterocycles. The number of benzene rings is 2. The van der Waals surface area contributed by atoms with Crippen molar-refractivity contribution in [3.8, 4) is 0 Å². The minimum Gasteiger partial charge on any atom is -0.333 e. The average molecular weight is 365 g/mol. The number of carbonyl (C=O) groups is 1. The van der Waals surface area contributed by atoms with Crippen LogP contribution in [0.4, 0.5) is 11.6 Å². The third kappa shape index (κ3) is 3.53. The van der Waals surface area contributed by atoms with Gasteiger partial charge in [-0.15, -0.1) is 0 Å². The average Bonchev–Trinajstić information content (AvgIpc) is 2.67. The molecule has 4 rings (SSSR count). The van der Waals surface area contributed by atoms with Gasteiger partial charge in [0, 0.05) is 30.0 Å². The molecule has 3 aromatic rings. The lowest BCUT2D eigenvalue weighted by atomic mass is 10.00. The van der Waals surface area contributed by atoms with Gasteiger partial charge >= 0.3 is 0 Å². The fraction of sp³-hybridized carbons (Fsp3) is 0.150. The van der Waals surface area contributed by atoms with Crippen molar-refractivity contribution >= 4 is 29.1 Å². The van der Waals surface area contributed by atoms with Crippen molar-refractivity contribution in [2.75, 3.05) is 11.9 Å². The SMILES string of the molecule is O=C(c1ccnc(Nc2cccc(Cl)c2)n1)N1CCc2ccccc2C1. The molecule has 130 valence electrons. The molecule has 2 aromatic carbocycles. The molecule has 1 amide bonds. The highest BCUT2D eigenvalue weighted by atomic mass is 35.5. The van der Waals surface area contributed by atoms with Crippen molar-refractivity contribution in [1.82, 2.24) is 14.9 Å². The molecule has 0 atom stereocenters. The monoisotopic (exact) mass is 364 g/mol. The van der Waals surface area contributed by atoms with Crippen molar-refractivity contribution < 1.29 is 4.79 Å². The quantitative estimate of drug-likeness (QED) is 0.761. The minimum atomic E-state index is -0.0870. The molecule has 0 spiro atoms. The first-order valence-corrected chi connectivity index (χ1v) is 8.78. The van der Waals surface area contributed by atoms with Gasteiger partial charge in [-0.05, 0) is 41.8 Å². The molecular weight excluding hydrogens is 348 g/mol. The largest absolute Gasteiger partial charge is 0.333 e. The first kappa shape index (κ1) is 16.5. The van der Waals surface area contributed by atoms with E-state index in [4.69, 9.17) is 11.6 Å². The van der Waals surface area contributed by atoms with Crippen molar-refractivity contribution in [3.05, 3.63) is 82.6 Å². The van der Waals surface area contributed by atoms with E-state index in [1.54, 1.807) is 24.4 Å². The number of rotatable bonds is 3. The molecule has 0 saturated carbocycles. The van der Waals surface area contributed by atoms with Crippen LogP contribution in [0.15, 0.2) is 60.8 Å². The summed E-state index contributed by atoms with van der Waals surface area (Å²) >= 11 is 5.99. The predicted octanol–water partition coefficient (Wildman–Crippen LogP) is 4.07. The zero-order valence-corrected chi connectivity index (χ0v) is 14.8. The van der Waals surface area contributed by atoms with Crippen LogP contribution in [0, 0.1) is 0 Å². The Bertz CT molecular complexity index is 960. The Hall–Kier alpha value is -2.92. The molecule has 5 nitrogen and oxygen atoms in total. The van der Waals surface area contributed by atoms with Gasteiger partial charge in [-0.3, -0.25) is 4.79 Å². The molecule has 26 heavy (non-hydrogen) atoms. The van der Waals surface area contributed by atoms with Gasteiger partial charge in [0.15, 0.2) is 0 Å². The van der Waals surface area contributed by atoms with Crippen molar-refractivity contribution in [3.63, 3.8) is 0 Å². The first-order valence-electron chi connectivity index (χ1n) is 8.41. The number of fused-ring (bicyclic) bond motifs is 1. The number of hydrogen-bond donors (Lipinski definition) is 1. The van der Waals surface area contributed by atoms with Gasteiger partial charge in [-0.25, -0.2) is 9.97 Å². The molecule has 1 aliphatic heterocycles. The standard InChI is InChI=1S/C20H17ClN4O/c21-16-6-3-7-17(12-16)23-20-22-10-8-18(24-20)19(26)25-11-9-14-4-1-2-5-15(14)13-25/h1-8,10,12H,9,11,13H2,(H,22,23,24). The Morgan fingerprint density at radius 1 is 1.08 bits per heavy atom. The van der Waals surface area contributed by atoms with Crippen LogP contribution in [0.3, 0.4) is 0 Å². The highest BCUT2D eigenvalue weighted by Crippen LogP contribution is 2.21. The summed E-state index contributed by atoms with van der Waals surface area (Å²) in [6, 6.07) is 17.2. The normalized spacial score (nSPS) is 13.2. The second-order valence-corrected chi connectivity index (χ2v) is 6.58. The van der Waals surface area contributed by atoms with E-state index in [0.29, 0.717) is 29.8 Å². The van der Waals surface area contributed by atoms with Crippen LogP contribution >= 0.6 is 11.6 Å². The van der Waals surface area contributed by atoms with E-state index < -0.39 is 0 Å². The molecule has 0 fully saturated rings. The summed E-state index contributed by atoms with van der Waals surface area (Å²) in [5.74, 6) is 0.284. The third-order valence-electron chi connectivity index (χ3n) is 4.37. The lowest BCUT2D eigenvalue weighted by molar-refractivity contribution is 0.0728. The van der Waals surface area contributed by atoms with Gasteiger partial charge in [-0.2, -0.15) is 0 Å². The molecular formula is C20H17ClN4O. The zero-order chi connectivity index (χ0) is 17.9. The zero-order valence-electron chi connectivity index (χ0n) is 14.0. The number of hydrogen-bond acceptors (Lipinski definition) is 4. The molecule has 2 heterocycles. The lowest BCUT2D eigenvalue weighted by Crippen LogP contribution is -2.36. The fourth-order valence-corrected chi connectivity index (χ4v) is 3.25. The van der Waals surface area contributed by atoms with Gasteiger partial charge in [-0.1, -0.05) is 41.9 Å². The summed E-state index contributed by atoms with van der Waals surface area (Å²) in [6.45, 7) is 1.30. The second-order valence-electron chi connectivity index (χ2n) is 6.15. The van der Waals surface area contributed by atoms with Crippen LogP contribution in [0.1, 0.15) is 21.6 Å². The van der Waals surface area contributed by atoms with Crippen LogP contribution in [0.5, 0.6) is 0 Å². The molecule has 1 aliphatic rings. The van der Waals surface area contributed by atoms with Crippen molar-refractivity contribution in [2.45, 2.75) is 13.0 Å². The van der Waals surface area contributed by atoms with Crippen LogP contribution < -0.4 is 5.32 Å². The minimum absolute atomic E-state index is 0.0870. The lowest BCUT2D eigenvalue weighted by Gasteiger charge is -2.28. The van der Waals surface area contributed by atoms with Crippen LogP contribution in [-0.2, 0) is 13.0 Å². The van der Waals surface area contributed by atoms with Gasteiger partial charge in [0.2, 0.25) is 5.95 Å². The number of halogens is 1. The summed E-state index contributed by atoms with van der Waals surface area (Å²) in [5, 5.41) is 3.70. The van der Waals surface area contributed by atoms with E-state index in [1.165, 1.54) is 11.1 Å². The number of aromatic nitrogens is 2. The van der Waals surface area contributed by atoms with Crippen LogP contribution in [0.25, 0.3) is 0 Å². The summed E-state index contributed by atoms with van der Waals surface area (Å²) < 4.78 is 0. The molecule has 1 aromatic heterocycles. The highest BCUT2D eigenvalue weighted by Gasteiger charge is 2.22. The first-order chi connectivity index (χ1) is 12.7. The Labute approximate surface area is 156 Å². The second kappa shape index (κ2) is 7.14. The number of anilines is 2. The Morgan fingerprint density at radius 2 is 1.92 bits per heavy atom. The van der Waals surface area contributed by atoms with Gasteiger partial charge in [0.25, 0.3) is 5.91 Å². The van der Waals surface area contributed by atoms with E-state index in [9.17, 15) is 4.79 Å². The maximum absolute atomic E-state index is 12.9.